The molecule has 1 fully saturated rings. The number of nitrogens with zero attached hydrogens (tertiary/aromatic N) is 1. The number of nitrogens with one attached hydrogen (secondary N) is 1. The van der Waals surface area contributed by atoms with Gasteiger partial charge in [0.1, 0.15) is 5.75 Å². The fourth-order valence-electron chi connectivity index (χ4n) is 4.54. The van der Waals surface area contributed by atoms with E-state index >= 15 is 0 Å². The van der Waals surface area contributed by atoms with E-state index in [4.69, 9.17) is 0 Å². The van der Waals surface area contributed by atoms with Crippen LogP contribution < -0.4 is 5.32 Å². The van der Waals surface area contributed by atoms with Crippen LogP contribution in [0.1, 0.15) is 30.1 Å². The van der Waals surface area contributed by atoms with Crippen LogP contribution >= 0.6 is 12.4 Å². The van der Waals surface area contributed by atoms with Crippen molar-refractivity contribution < 1.29 is 13.5 Å². The van der Waals surface area contributed by atoms with Gasteiger partial charge in [-0.3, -0.25) is 0 Å². The molecular weight excluding hydrogens is 384 g/mol. The lowest BCUT2D eigenvalue weighted by atomic mass is 9.99. The van der Waals surface area contributed by atoms with Crippen LogP contribution in [0.4, 0.5) is 0 Å². The lowest BCUT2D eigenvalue weighted by Gasteiger charge is -2.23. The van der Waals surface area contributed by atoms with Gasteiger partial charge in [0.2, 0.25) is 9.84 Å². The molecule has 5 nitrogen and oxygen atoms in total. The molecule has 5 rings (SSSR count). The van der Waals surface area contributed by atoms with E-state index in [1.165, 1.54) is 35.9 Å². The maximum absolute atomic E-state index is 13.0. The SMILES string of the molecule is Cl.Cn1c2c(c3cc(S(=O)(=O)c4cccc(O)c4)ccc31)C1CCC(C2)N1. The van der Waals surface area contributed by atoms with Crippen molar-refractivity contribution in [2.45, 2.75) is 41.1 Å². The van der Waals surface area contributed by atoms with Crippen molar-refractivity contribution in [3.63, 3.8) is 0 Å². The minimum Gasteiger partial charge on any atom is -0.508 e. The summed E-state index contributed by atoms with van der Waals surface area (Å²) >= 11 is 0. The van der Waals surface area contributed by atoms with Crippen LogP contribution in [0.5, 0.6) is 5.75 Å². The average Bonchev–Trinajstić information content (AvgIpc) is 3.14. The van der Waals surface area contributed by atoms with Crippen molar-refractivity contribution in [2.75, 3.05) is 0 Å². The van der Waals surface area contributed by atoms with Crippen LogP contribution in [0.25, 0.3) is 10.9 Å². The summed E-state index contributed by atoms with van der Waals surface area (Å²) in [6.45, 7) is 0. The Morgan fingerprint density at radius 2 is 1.89 bits per heavy atom. The second kappa shape index (κ2) is 6.26. The summed E-state index contributed by atoms with van der Waals surface area (Å²) in [5.74, 6) is -0.0505. The Labute approximate surface area is 164 Å². The van der Waals surface area contributed by atoms with E-state index in [-0.39, 0.29) is 27.9 Å². The normalized spacial score (nSPS) is 21.1. The van der Waals surface area contributed by atoms with E-state index in [1.54, 1.807) is 18.2 Å². The molecule has 2 aliphatic rings. The number of phenolic OH excluding ortho intramolecular Hbond substituents is 1. The molecule has 2 unspecified atom stereocenters. The van der Waals surface area contributed by atoms with E-state index in [9.17, 15) is 13.5 Å². The summed E-state index contributed by atoms with van der Waals surface area (Å²) in [7, 11) is -1.61. The van der Waals surface area contributed by atoms with E-state index in [0.717, 1.165) is 23.7 Å². The summed E-state index contributed by atoms with van der Waals surface area (Å²) in [5, 5.41) is 14.3. The Kier molecular flexibility index (Phi) is 4.25. The highest BCUT2D eigenvalue weighted by Gasteiger charge is 2.36. The van der Waals surface area contributed by atoms with Gasteiger partial charge in [-0.15, -0.1) is 12.4 Å². The maximum Gasteiger partial charge on any atom is 0.206 e. The van der Waals surface area contributed by atoms with Gasteiger partial charge in [0.05, 0.1) is 9.79 Å². The number of phenols is 1. The number of aromatic nitrogens is 1. The van der Waals surface area contributed by atoms with Crippen LogP contribution in [0.3, 0.4) is 0 Å². The van der Waals surface area contributed by atoms with Gasteiger partial charge in [-0.05, 0) is 54.8 Å². The van der Waals surface area contributed by atoms with E-state index in [1.807, 2.05) is 6.07 Å². The first-order valence-corrected chi connectivity index (χ1v) is 10.3. The van der Waals surface area contributed by atoms with Crippen LogP contribution in [0.2, 0.25) is 0 Å². The molecule has 142 valence electrons. The smallest absolute Gasteiger partial charge is 0.206 e. The highest BCUT2D eigenvalue weighted by atomic mass is 35.5. The Hall–Kier alpha value is -2.02. The van der Waals surface area contributed by atoms with Gasteiger partial charge in [-0.2, -0.15) is 0 Å². The first-order valence-electron chi connectivity index (χ1n) is 8.86. The van der Waals surface area contributed by atoms with Crippen LogP contribution in [0, 0.1) is 0 Å². The van der Waals surface area contributed by atoms with Crippen molar-refractivity contribution in [3.8, 4) is 5.75 Å². The van der Waals surface area contributed by atoms with Gasteiger partial charge in [0.15, 0.2) is 0 Å². The number of hydrogen-bond donors (Lipinski definition) is 2. The maximum atomic E-state index is 13.0. The molecule has 0 spiro atoms. The Balaban J connectivity index is 0.00000180. The number of benzene rings is 2. The standard InChI is InChI=1S/C20H20N2O3S.ClH/c1-22-18-8-6-15(26(24,25)14-4-2-3-13(23)10-14)11-16(18)20-17-7-5-12(21-17)9-19(20)22;/h2-4,6,8,10-12,17,21,23H,5,7,9H2,1H3;1H. The quantitative estimate of drug-likeness (QED) is 0.685. The zero-order valence-corrected chi connectivity index (χ0v) is 16.5. The summed E-state index contributed by atoms with van der Waals surface area (Å²) in [4.78, 5) is 0.379. The minimum atomic E-state index is -3.67. The van der Waals surface area contributed by atoms with Crippen molar-refractivity contribution >= 4 is 33.1 Å². The number of aryl methyl sites for hydroxylation is 1. The average molecular weight is 405 g/mol. The van der Waals surface area contributed by atoms with Gasteiger partial charge in [0.25, 0.3) is 0 Å². The molecule has 0 saturated carbocycles. The molecule has 0 radical (unpaired) electrons. The number of hydrogen-bond acceptors (Lipinski definition) is 4. The van der Waals surface area contributed by atoms with Crippen molar-refractivity contribution in [1.82, 2.24) is 9.88 Å². The van der Waals surface area contributed by atoms with Gasteiger partial charge < -0.3 is 15.0 Å². The van der Waals surface area contributed by atoms with E-state index < -0.39 is 9.84 Å². The molecule has 27 heavy (non-hydrogen) atoms. The van der Waals surface area contributed by atoms with E-state index in [2.05, 4.69) is 16.9 Å². The van der Waals surface area contributed by atoms with Gasteiger partial charge in [-0.25, -0.2) is 8.42 Å². The number of sulfone groups is 1. The largest absolute Gasteiger partial charge is 0.508 e. The minimum absolute atomic E-state index is 0. The molecular formula is C20H21ClN2O3S. The fraction of sp³-hybridized carbons (Fsp3) is 0.300. The van der Waals surface area contributed by atoms with Crippen molar-refractivity contribution in [2.24, 2.45) is 7.05 Å². The molecule has 0 aliphatic carbocycles. The molecule has 1 saturated heterocycles. The zero-order chi connectivity index (χ0) is 18.1. The monoisotopic (exact) mass is 404 g/mol. The van der Waals surface area contributed by atoms with E-state index in [0.29, 0.717) is 12.1 Å². The molecule has 2 aromatic carbocycles. The summed E-state index contributed by atoms with van der Waals surface area (Å²) in [6, 6.07) is 12.0. The van der Waals surface area contributed by atoms with Gasteiger partial charge in [-0.1, -0.05) is 6.07 Å². The van der Waals surface area contributed by atoms with Crippen LogP contribution in [0.15, 0.2) is 52.3 Å². The fourth-order valence-corrected chi connectivity index (χ4v) is 5.86. The highest BCUT2D eigenvalue weighted by Crippen LogP contribution is 2.42. The third-order valence-electron chi connectivity index (χ3n) is 5.80. The molecule has 2 bridgehead atoms. The summed E-state index contributed by atoms with van der Waals surface area (Å²) in [5.41, 5.74) is 3.64. The third kappa shape index (κ3) is 2.66. The van der Waals surface area contributed by atoms with Crippen LogP contribution in [-0.2, 0) is 23.3 Å². The molecule has 0 amide bonds. The summed E-state index contributed by atoms with van der Waals surface area (Å²) < 4.78 is 28.3. The number of fused-ring (bicyclic) bond motifs is 6. The van der Waals surface area contributed by atoms with Gasteiger partial charge >= 0.3 is 0 Å². The topological polar surface area (TPSA) is 71.3 Å². The predicted molar refractivity (Wildman–Crippen MR) is 106 cm³/mol. The van der Waals surface area contributed by atoms with Crippen molar-refractivity contribution in [3.05, 3.63) is 53.7 Å². The van der Waals surface area contributed by atoms with Crippen LogP contribution in [-0.4, -0.2) is 24.1 Å². The lowest BCUT2D eigenvalue weighted by molar-refractivity contribution is 0.473. The number of halogens is 1. The molecule has 1 aromatic heterocycles. The number of rotatable bonds is 2. The molecule has 2 atom stereocenters. The zero-order valence-electron chi connectivity index (χ0n) is 14.8. The first kappa shape index (κ1) is 18.3. The Bertz CT molecular complexity index is 1150. The molecule has 3 heterocycles. The highest BCUT2D eigenvalue weighted by molar-refractivity contribution is 7.91. The molecule has 2 N–H and O–H groups in total. The lowest BCUT2D eigenvalue weighted by Crippen LogP contribution is -2.32. The summed E-state index contributed by atoms with van der Waals surface area (Å²) in [6.07, 6.45) is 3.26. The molecule has 2 aliphatic heterocycles. The van der Waals surface area contributed by atoms with Crippen molar-refractivity contribution in [1.29, 1.82) is 0 Å². The molecule has 7 heteroatoms. The Morgan fingerprint density at radius 3 is 2.67 bits per heavy atom. The predicted octanol–water partition coefficient (Wildman–Crippen LogP) is 3.49. The first-order chi connectivity index (χ1) is 12.4. The third-order valence-corrected chi connectivity index (χ3v) is 7.55. The van der Waals surface area contributed by atoms with Gasteiger partial charge in [0, 0.05) is 42.1 Å². The second-order valence-electron chi connectivity index (χ2n) is 7.30. The number of aromatic hydroxyl groups is 1. The Morgan fingerprint density at radius 1 is 1.11 bits per heavy atom. The second-order valence-corrected chi connectivity index (χ2v) is 9.25. The molecule has 3 aromatic rings.